The Morgan fingerprint density at radius 3 is 1.86 bits per heavy atom. The number of nitriles is 1. The number of fused-ring (bicyclic) bond motifs is 2. The number of anilines is 4. The van der Waals surface area contributed by atoms with Gasteiger partial charge in [-0.25, -0.2) is 44.2 Å². The molecule has 0 aliphatic rings. The summed E-state index contributed by atoms with van der Waals surface area (Å²) in [6, 6.07) is 32.1. The number of benzene rings is 6. The number of azo groups is 2. The van der Waals surface area contributed by atoms with E-state index in [0.717, 1.165) is 52.4 Å². The van der Waals surface area contributed by atoms with Gasteiger partial charge in [-0.1, -0.05) is 53.1 Å². The summed E-state index contributed by atoms with van der Waals surface area (Å²) in [6.07, 6.45) is 0. The molecule has 1 unspecified atom stereocenters. The molecule has 0 amide bonds. The molecule has 6 aromatic carbocycles. The number of hydrogen-bond donors (Lipinski definition) is 4. The van der Waals surface area contributed by atoms with Gasteiger partial charge in [-0.05, 0) is 78.4 Å². The zero-order valence-electron chi connectivity index (χ0n) is 38.9. The van der Waals surface area contributed by atoms with E-state index >= 15 is 0 Å². The molecule has 0 bridgehead atoms. The second kappa shape index (κ2) is 24.1. The van der Waals surface area contributed by atoms with Crippen LogP contribution in [0.15, 0.2) is 150 Å². The second-order valence-corrected chi connectivity index (χ2v) is 21.4. The molecule has 2 heterocycles. The van der Waals surface area contributed by atoms with Crippen LogP contribution in [0.1, 0.15) is 16.7 Å². The fraction of sp³-hybridized carbons (Fsp3) is 0.0465. The maximum Gasteiger partial charge on any atom is 1.00 e. The van der Waals surface area contributed by atoms with Crippen molar-refractivity contribution in [1.82, 2.24) is 9.97 Å². The number of pyridine rings is 1. The van der Waals surface area contributed by atoms with Gasteiger partial charge in [0.1, 0.15) is 47.8 Å². The van der Waals surface area contributed by atoms with Crippen molar-refractivity contribution in [3.8, 4) is 17.3 Å². The van der Waals surface area contributed by atoms with Gasteiger partial charge in [0.25, 0.3) is 0 Å². The van der Waals surface area contributed by atoms with Crippen LogP contribution in [0.4, 0.5) is 44.5 Å². The van der Waals surface area contributed by atoms with E-state index in [4.69, 9.17) is 9.76 Å². The Kier molecular flexibility index (Phi) is 20.0. The molecule has 2 aromatic heterocycles. The fourth-order valence-corrected chi connectivity index (χ4v) is 9.79. The molecular formula is C43H28Li4N10O11S5. The van der Waals surface area contributed by atoms with Gasteiger partial charge in [-0.15, -0.1) is 50.6 Å². The van der Waals surface area contributed by atoms with Crippen LogP contribution >= 0.6 is 11.3 Å². The van der Waals surface area contributed by atoms with E-state index in [9.17, 15) is 52.9 Å². The molecule has 8 aromatic rings. The average Bonchev–Trinajstić information content (AvgIpc) is 3.69. The van der Waals surface area contributed by atoms with Crippen molar-refractivity contribution in [3.05, 3.63) is 138 Å². The largest absolute Gasteiger partial charge is 1.00 e. The summed E-state index contributed by atoms with van der Waals surface area (Å²) in [7, 11) is -18.7. The molecule has 8 rings (SSSR count). The van der Waals surface area contributed by atoms with Crippen LogP contribution in [-0.4, -0.2) is 57.6 Å². The van der Waals surface area contributed by atoms with Crippen molar-refractivity contribution in [1.29, 1.82) is 10.0 Å². The van der Waals surface area contributed by atoms with Crippen LogP contribution in [-0.2, 0) is 46.1 Å². The van der Waals surface area contributed by atoms with E-state index in [1.54, 1.807) is 6.07 Å². The van der Waals surface area contributed by atoms with Crippen molar-refractivity contribution >= 4 is 118 Å². The third-order valence-corrected chi connectivity index (χ3v) is 14.1. The Bertz CT molecular complexity index is 3980. The molecule has 73 heavy (non-hydrogen) atoms. The van der Waals surface area contributed by atoms with Crippen molar-refractivity contribution in [2.45, 2.75) is 27.4 Å². The third kappa shape index (κ3) is 14.6. The van der Waals surface area contributed by atoms with Gasteiger partial charge in [-0.3, -0.25) is 0 Å². The Labute approximate surface area is 470 Å². The van der Waals surface area contributed by atoms with Gasteiger partial charge < -0.3 is 28.8 Å². The summed E-state index contributed by atoms with van der Waals surface area (Å²) in [4.78, 5) is 7.56. The second-order valence-electron chi connectivity index (χ2n) is 14.7. The topological polar surface area (TPSA) is 356 Å². The number of nitrogens with zero attached hydrogens (tertiary/aromatic N) is 7. The van der Waals surface area contributed by atoms with Crippen LogP contribution in [0.2, 0.25) is 0 Å². The van der Waals surface area contributed by atoms with E-state index in [0.29, 0.717) is 5.56 Å². The molecule has 0 saturated carbocycles. The normalized spacial score (nSPS) is 12.5. The number of aromatic nitrogens is 2. The molecule has 0 saturated heterocycles. The molecule has 0 radical (unpaired) electrons. The quantitative estimate of drug-likeness (QED) is 0.0380. The first kappa shape index (κ1) is 60.5. The number of nitrogens with one attached hydrogen (secondary N) is 3. The molecule has 1 atom stereocenters. The summed E-state index contributed by atoms with van der Waals surface area (Å²) in [6.45, 7) is 1.53. The molecule has 350 valence electrons. The molecule has 0 aliphatic heterocycles. The molecule has 30 heteroatoms. The van der Waals surface area contributed by atoms with Crippen LogP contribution < -0.4 is 86.1 Å². The van der Waals surface area contributed by atoms with E-state index in [1.165, 1.54) is 49.4 Å². The molecule has 0 spiro atoms. The first-order valence-electron chi connectivity index (χ1n) is 19.4. The molecule has 21 nitrogen and oxygen atoms in total. The van der Waals surface area contributed by atoms with Crippen molar-refractivity contribution in [2.75, 3.05) is 10.6 Å². The number of thiazole rings is 1. The van der Waals surface area contributed by atoms with Crippen LogP contribution in [0.25, 0.3) is 32.8 Å². The van der Waals surface area contributed by atoms with Gasteiger partial charge in [0.2, 0.25) is 5.13 Å². The monoisotopic (exact) mass is 1050 g/mol. The number of rotatable bonds is 14. The molecule has 4 N–H and O–H groups in total. The van der Waals surface area contributed by atoms with Gasteiger partial charge in [0, 0.05) is 38.8 Å². The minimum absolute atomic E-state index is 0. The Morgan fingerprint density at radius 2 is 1.30 bits per heavy atom. The summed E-state index contributed by atoms with van der Waals surface area (Å²) in [5.41, 5.74) is 1.45. The zero-order valence-corrected chi connectivity index (χ0v) is 43.0. The van der Waals surface area contributed by atoms with E-state index < -0.39 is 60.8 Å². The summed E-state index contributed by atoms with van der Waals surface area (Å²) in [5, 5.41) is 35.7. The predicted octanol–water partition coefficient (Wildman–Crippen LogP) is -2.44. The Morgan fingerprint density at radius 1 is 0.712 bits per heavy atom. The van der Waals surface area contributed by atoms with Crippen LogP contribution in [0, 0.1) is 29.1 Å². The van der Waals surface area contributed by atoms with Crippen LogP contribution in [0.3, 0.4) is 0 Å². The maximum atomic E-state index is 12.5. The SMILES string of the molecule is Cc1c(C#N)c(Nc2ccc(S(=O)(=O)[O-])cc2)nc(Nc2ccc(S(=O)(=O)[O-])cc2)c1N=Nc1nc(-c2ccc3ccccc3c2)c(N=Nc2cc(S(=O)(=O)[O-])c3cc(CS(=N)(=O)O)c[c-]c3c2)s1.[Li+].[Li+].[Li+].[Li+]. The minimum atomic E-state index is -5.15. The minimum Gasteiger partial charge on any atom is -0.745 e. The van der Waals surface area contributed by atoms with E-state index in [2.05, 4.69) is 48.2 Å². The first-order valence-corrected chi connectivity index (χ1v) is 26.1. The predicted molar refractivity (Wildman–Crippen MR) is 250 cm³/mol. The van der Waals surface area contributed by atoms with Gasteiger partial charge in [0.05, 0.1) is 15.4 Å². The van der Waals surface area contributed by atoms with Crippen molar-refractivity contribution in [3.63, 3.8) is 0 Å². The standard InChI is InChI=1S/C43H31N10O11S5.4Li/c1-24-36(22-44)40(46-30-10-14-33(15-11-30)67(56,57)58)49-41(47-31-12-16-34(17-13-31)68(59,60)61)38(24)51-53-43-48-39(29-9-8-26-4-2-3-5-27(26)19-29)42(65-43)52-50-32-20-28-7-6-25(23-66(45,54)55)18-35(28)37(21-32)69(62,63)64;;;;/h2-6,8-21H,23H2,1H3,(H2,45,54,55)(H2,46,47,49)(H,56,57,58)(H,59,60,61)(H,62,63,64);;;;/q-1;4*+1/p-3. The third-order valence-electron chi connectivity index (χ3n) is 9.95. The van der Waals surface area contributed by atoms with Crippen molar-refractivity contribution < 1.29 is 123 Å². The summed E-state index contributed by atoms with van der Waals surface area (Å²) in [5.74, 6) is -0.734. The zero-order chi connectivity index (χ0) is 49.5. The molecule has 0 aliphatic carbocycles. The smallest absolute Gasteiger partial charge is 0.745 e. The van der Waals surface area contributed by atoms with E-state index in [1.807, 2.05) is 36.4 Å². The van der Waals surface area contributed by atoms with E-state index in [-0.39, 0.29) is 153 Å². The fourth-order valence-electron chi connectivity index (χ4n) is 6.80. The van der Waals surface area contributed by atoms with Gasteiger partial charge in [-0.2, -0.15) is 10.4 Å². The summed E-state index contributed by atoms with van der Waals surface area (Å²) >= 11 is 0.898. The average molecular weight is 1050 g/mol. The van der Waals surface area contributed by atoms with Crippen LogP contribution in [0.5, 0.6) is 0 Å². The summed E-state index contributed by atoms with van der Waals surface area (Å²) < 4.78 is 136. The van der Waals surface area contributed by atoms with Gasteiger partial charge >= 0.3 is 75.4 Å². The Hall–Kier alpha value is -5.06. The molecule has 0 fully saturated rings. The number of hydrogen-bond acceptors (Lipinski definition) is 21. The van der Waals surface area contributed by atoms with Gasteiger partial charge in [0.15, 0.2) is 26.6 Å². The maximum absolute atomic E-state index is 12.5. The van der Waals surface area contributed by atoms with Crippen molar-refractivity contribution in [2.24, 2.45) is 20.5 Å². The first-order chi connectivity index (χ1) is 32.5. The molecular weight excluding hydrogens is 1020 g/mol. The Balaban J connectivity index is 0.00000289.